The number of hydrogen-bond donors (Lipinski definition) is 0. The maximum atomic E-state index is 12.2. The van der Waals surface area contributed by atoms with Crippen LogP contribution in [0.5, 0.6) is 0 Å². The number of likely N-dealkylation sites (N-methyl/N-ethyl adjacent to an activating group) is 1. The molecule has 1 amide bonds. The molecule has 0 N–H and O–H groups in total. The Labute approximate surface area is 148 Å². The van der Waals surface area contributed by atoms with Gasteiger partial charge in [-0.2, -0.15) is 0 Å². The standard InChI is InChI=1S/C20H24N2O3/c1-15-5-9-17(10-6-15)20(24)25-14-19(23)22(4)13-16-7-11-18(12-8-16)21(2)3/h5-12H,13-14H2,1-4H3. The van der Waals surface area contributed by atoms with Crippen molar-refractivity contribution in [2.45, 2.75) is 13.5 Å². The molecular weight excluding hydrogens is 316 g/mol. The number of anilines is 1. The quantitative estimate of drug-likeness (QED) is 0.759. The normalized spacial score (nSPS) is 10.2. The van der Waals surface area contributed by atoms with Crippen molar-refractivity contribution in [2.75, 3.05) is 32.6 Å². The lowest BCUT2D eigenvalue weighted by atomic mass is 10.1. The summed E-state index contributed by atoms with van der Waals surface area (Å²) in [6, 6.07) is 15.0. The molecule has 5 heteroatoms. The summed E-state index contributed by atoms with van der Waals surface area (Å²) in [7, 11) is 5.65. The van der Waals surface area contributed by atoms with Crippen LogP contribution in [0, 0.1) is 6.92 Å². The van der Waals surface area contributed by atoms with Gasteiger partial charge in [0, 0.05) is 33.4 Å². The van der Waals surface area contributed by atoms with Gasteiger partial charge in [-0.3, -0.25) is 4.79 Å². The van der Waals surface area contributed by atoms with Gasteiger partial charge >= 0.3 is 5.97 Å². The minimum absolute atomic E-state index is 0.239. The first-order valence-electron chi connectivity index (χ1n) is 8.11. The molecule has 25 heavy (non-hydrogen) atoms. The van der Waals surface area contributed by atoms with Crippen molar-refractivity contribution in [2.24, 2.45) is 0 Å². The van der Waals surface area contributed by atoms with E-state index in [4.69, 9.17) is 4.74 Å². The molecule has 0 aliphatic carbocycles. The molecule has 0 bridgehead atoms. The van der Waals surface area contributed by atoms with Crippen LogP contribution in [-0.4, -0.2) is 44.5 Å². The molecule has 0 saturated heterocycles. The molecule has 0 aliphatic rings. The Balaban J connectivity index is 1.85. The Kier molecular flexibility index (Phi) is 6.17. The minimum Gasteiger partial charge on any atom is -0.452 e. The second kappa shape index (κ2) is 8.33. The van der Waals surface area contributed by atoms with Crippen molar-refractivity contribution in [3.05, 3.63) is 65.2 Å². The number of nitrogens with zero attached hydrogens (tertiary/aromatic N) is 2. The molecule has 5 nitrogen and oxygen atoms in total. The second-order valence-electron chi connectivity index (χ2n) is 6.25. The van der Waals surface area contributed by atoms with Crippen LogP contribution in [0.2, 0.25) is 0 Å². The van der Waals surface area contributed by atoms with Crippen LogP contribution in [0.25, 0.3) is 0 Å². The second-order valence-corrected chi connectivity index (χ2v) is 6.25. The Morgan fingerprint density at radius 2 is 1.52 bits per heavy atom. The monoisotopic (exact) mass is 340 g/mol. The molecule has 0 aromatic heterocycles. The third-order valence-corrected chi connectivity index (χ3v) is 3.91. The molecule has 132 valence electrons. The molecule has 0 heterocycles. The zero-order valence-corrected chi connectivity index (χ0v) is 15.2. The molecule has 2 rings (SSSR count). The first-order valence-corrected chi connectivity index (χ1v) is 8.11. The van der Waals surface area contributed by atoms with Crippen molar-refractivity contribution in [1.29, 1.82) is 0 Å². The highest BCUT2D eigenvalue weighted by Gasteiger charge is 2.14. The fourth-order valence-electron chi connectivity index (χ4n) is 2.27. The van der Waals surface area contributed by atoms with Gasteiger partial charge in [-0.1, -0.05) is 29.8 Å². The summed E-state index contributed by atoms with van der Waals surface area (Å²) < 4.78 is 5.10. The molecule has 0 radical (unpaired) electrons. The molecule has 2 aromatic rings. The van der Waals surface area contributed by atoms with E-state index in [2.05, 4.69) is 0 Å². The number of hydrogen-bond acceptors (Lipinski definition) is 4. The van der Waals surface area contributed by atoms with Gasteiger partial charge in [0.05, 0.1) is 5.56 Å². The van der Waals surface area contributed by atoms with E-state index in [0.717, 1.165) is 16.8 Å². The van der Waals surface area contributed by atoms with Gasteiger partial charge in [-0.15, -0.1) is 0 Å². The van der Waals surface area contributed by atoms with Gasteiger partial charge in [-0.25, -0.2) is 4.79 Å². The van der Waals surface area contributed by atoms with Crippen LogP contribution in [0.1, 0.15) is 21.5 Å². The van der Waals surface area contributed by atoms with Crippen molar-refractivity contribution in [3.63, 3.8) is 0 Å². The summed E-state index contributed by atoms with van der Waals surface area (Å²) in [4.78, 5) is 27.7. The fraction of sp³-hybridized carbons (Fsp3) is 0.300. The fourth-order valence-corrected chi connectivity index (χ4v) is 2.27. The number of esters is 1. The van der Waals surface area contributed by atoms with Crippen LogP contribution in [-0.2, 0) is 16.1 Å². The zero-order valence-electron chi connectivity index (χ0n) is 15.2. The Hall–Kier alpha value is -2.82. The molecule has 0 fully saturated rings. The number of carbonyl (C=O) groups is 2. The van der Waals surface area contributed by atoms with E-state index in [1.54, 1.807) is 24.1 Å². The molecule has 0 unspecified atom stereocenters. The predicted molar refractivity (Wildman–Crippen MR) is 98.7 cm³/mol. The molecule has 0 saturated carbocycles. The van der Waals surface area contributed by atoms with Gasteiger partial charge in [0.25, 0.3) is 5.91 Å². The van der Waals surface area contributed by atoms with Crippen molar-refractivity contribution < 1.29 is 14.3 Å². The highest BCUT2D eigenvalue weighted by atomic mass is 16.5. The number of aryl methyl sites for hydroxylation is 1. The van der Waals surface area contributed by atoms with Crippen LogP contribution in [0.15, 0.2) is 48.5 Å². The van der Waals surface area contributed by atoms with E-state index in [-0.39, 0.29) is 12.5 Å². The summed E-state index contributed by atoms with van der Waals surface area (Å²) in [6.07, 6.45) is 0. The molecule has 0 spiro atoms. The van der Waals surface area contributed by atoms with Crippen LogP contribution in [0.3, 0.4) is 0 Å². The Bertz CT molecular complexity index is 722. The van der Waals surface area contributed by atoms with Crippen LogP contribution in [0.4, 0.5) is 5.69 Å². The maximum absolute atomic E-state index is 12.2. The van der Waals surface area contributed by atoms with E-state index in [1.807, 2.05) is 62.3 Å². The smallest absolute Gasteiger partial charge is 0.338 e. The van der Waals surface area contributed by atoms with Gasteiger partial charge in [-0.05, 0) is 36.8 Å². The average Bonchev–Trinajstić information content (AvgIpc) is 2.60. The molecule has 0 aliphatic heterocycles. The zero-order chi connectivity index (χ0) is 18.4. The van der Waals surface area contributed by atoms with Gasteiger partial charge in [0.1, 0.15) is 0 Å². The Morgan fingerprint density at radius 1 is 0.920 bits per heavy atom. The summed E-state index contributed by atoms with van der Waals surface area (Å²) in [5, 5.41) is 0. The first kappa shape index (κ1) is 18.5. The minimum atomic E-state index is -0.489. The largest absolute Gasteiger partial charge is 0.452 e. The van der Waals surface area contributed by atoms with E-state index in [0.29, 0.717) is 12.1 Å². The highest BCUT2D eigenvalue weighted by molar-refractivity contribution is 5.91. The number of amides is 1. The molecule has 0 atom stereocenters. The first-order chi connectivity index (χ1) is 11.9. The van der Waals surface area contributed by atoms with E-state index in [1.165, 1.54) is 0 Å². The van der Waals surface area contributed by atoms with Crippen LogP contribution >= 0.6 is 0 Å². The van der Waals surface area contributed by atoms with Gasteiger partial charge < -0.3 is 14.5 Å². The van der Waals surface area contributed by atoms with Gasteiger partial charge in [0.15, 0.2) is 6.61 Å². The van der Waals surface area contributed by atoms with E-state index >= 15 is 0 Å². The lowest BCUT2D eigenvalue weighted by Gasteiger charge is -2.18. The van der Waals surface area contributed by atoms with Crippen molar-refractivity contribution in [3.8, 4) is 0 Å². The van der Waals surface area contributed by atoms with E-state index < -0.39 is 5.97 Å². The summed E-state index contributed by atoms with van der Waals surface area (Å²) >= 11 is 0. The maximum Gasteiger partial charge on any atom is 0.338 e. The van der Waals surface area contributed by atoms with Crippen molar-refractivity contribution in [1.82, 2.24) is 4.90 Å². The summed E-state index contributed by atoms with van der Waals surface area (Å²) in [6.45, 7) is 2.15. The average molecular weight is 340 g/mol. The van der Waals surface area contributed by atoms with E-state index in [9.17, 15) is 9.59 Å². The topological polar surface area (TPSA) is 49.9 Å². The number of rotatable bonds is 6. The molecule has 2 aromatic carbocycles. The number of ether oxygens (including phenoxy) is 1. The summed E-state index contributed by atoms with van der Waals surface area (Å²) in [5.74, 6) is -0.728. The Morgan fingerprint density at radius 3 is 2.08 bits per heavy atom. The molecular formula is C20H24N2O3. The highest BCUT2D eigenvalue weighted by Crippen LogP contribution is 2.13. The third-order valence-electron chi connectivity index (χ3n) is 3.91. The third kappa shape index (κ3) is 5.35. The predicted octanol–water partition coefficient (Wildman–Crippen LogP) is 2.88. The van der Waals surface area contributed by atoms with Gasteiger partial charge in [0.2, 0.25) is 0 Å². The SMILES string of the molecule is Cc1ccc(C(=O)OCC(=O)N(C)Cc2ccc(N(C)C)cc2)cc1. The van der Waals surface area contributed by atoms with Crippen LogP contribution < -0.4 is 4.90 Å². The number of carbonyl (C=O) groups excluding carboxylic acids is 2. The van der Waals surface area contributed by atoms with Crippen molar-refractivity contribution >= 4 is 17.6 Å². The summed E-state index contributed by atoms with van der Waals surface area (Å²) in [5.41, 5.74) is 3.63. The lowest BCUT2D eigenvalue weighted by Crippen LogP contribution is -2.30. The number of benzene rings is 2. The lowest BCUT2D eigenvalue weighted by molar-refractivity contribution is -0.133.